The van der Waals surface area contributed by atoms with Gasteiger partial charge in [-0.25, -0.2) is 4.98 Å². The lowest BCUT2D eigenvalue weighted by molar-refractivity contribution is -0.117. The highest BCUT2D eigenvalue weighted by Crippen LogP contribution is 2.38. The van der Waals surface area contributed by atoms with Gasteiger partial charge in [-0.05, 0) is 48.2 Å². The molecule has 0 aliphatic rings. The summed E-state index contributed by atoms with van der Waals surface area (Å²) in [7, 11) is 4.65. The smallest absolute Gasteiger partial charge is 0.244 e. The molecule has 0 saturated carbocycles. The van der Waals surface area contributed by atoms with E-state index in [4.69, 9.17) is 18.6 Å². The van der Waals surface area contributed by atoms with Gasteiger partial charge in [0.05, 0.1) is 21.3 Å². The summed E-state index contributed by atoms with van der Waals surface area (Å²) in [5.74, 6) is 2.14. The molecule has 2 aromatic carbocycles. The lowest BCUT2D eigenvalue weighted by atomic mass is 10.0. The molecule has 1 amide bonds. The summed E-state index contributed by atoms with van der Waals surface area (Å²) < 4.78 is 21.9. The Labute approximate surface area is 182 Å². The predicted molar refractivity (Wildman–Crippen MR) is 119 cm³/mol. The number of rotatable bonds is 9. The number of amides is 1. The lowest BCUT2D eigenvalue weighted by Crippen LogP contribution is -2.28. The second-order valence-corrected chi connectivity index (χ2v) is 7.50. The first kappa shape index (κ1) is 22.2. The zero-order valence-corrected chi connectivity index (χ0v) is 18.5. The van der Waals surface area contributed by atoms with E-state index in [9.17, 15) is 4.79 Å². The van der Waals surface area contributed by atoms with Gasteiger partial charge in [0.25, 0.3) is 0 Å². The first-order valence-electron chi connectivity index (χ1n) is 10.1. The van der Waals surface area contributed by atoms with Crippen LogP contribution >= 0.6 is 0 Å². The van der Waals surface area contributed by atoms with Crippen LogP contribution in [-0.2, 0) is 4.79 Å². The number of nitrogens with zero attached hydrogens (tertiary/aromatic N) is 1. The van der Waals surface area contributed by atoms with E-state index in [-0.39, 0.29) is 11.9 Å². The molecule has 0 radical (unpaired) electrons. The quantitative estimate of drug-likeness (QED) is 0.498. The number of ether oxygens (including phenoxy) is 3. The lowest BCUT2D eigenvalue weighted by Gasteiger charge is -2.16. The fourth-order valence-corrected chi connectivity index (χ4v) is 3.32. The summed E-state index contributed by atoms with van der Waals surface area (Å²) in [6.45, 7) is 4.18. The number of oxazole rings is 1. The SMILES string of the molecule is COc1cc(/C=C/C(=O)N[C@H](CC(C)C)c2nc3ccccc3o2)cc(OC)c1OC. The molecule has 0 aliphatic heterocycles. The van der Waals surface area contributed by atoms with Gasteiger partial charge in [0.1, 0.15) is 11.6 Å². The fourth-order valence-electron chi connectivity index (χ4n) is 3.32. The van der Waals surface area contributed by atoms with Crippen LogP contribution in [0.3, 0.4) is 0 Å². The van der Waals surface area contributed by atoms with E-state index in [1.165, 1.54) is 6.08 Å². The molecule has 1 aromatic heterocycles. The van der Waals surface area contributed by atoms with Crippen molar-refractivity contribution < 1.29 is 23.4 Å². The van der Waals surface area contributed by atoms with Crippen LogP contribution in [0.4, 0.5) is 0 Å². The molecule has 3 rings (SSSR count). The Morgan fingerprint density at radius 3 is 2.35 bits per heavy atom. The minimum Gasteiger partial charge on any atom is -0.493 e. The maximum atomic E-state index is 12.7. The van der Waals surface area contributed by atoms with Crippen LogP contribution in [0.5, 0.6) is 17.2 Å². The van der Waals surface area contributed by atoms with Crippen molar-refractivity contribution in [3.8, 4) is 17.2 Å². The van der Waals surface area contributed by atoms with Crippen LogP contribution in [0.2, 0.25) is 0 Å². The van der Waals surface area contributed by atoms with E-state index in [0.717, 1.165) is 11.1 Å². The molecule has 0 fully saturated rings. The Morgan fingerprint density at radius 2 is 1.77 bits per heavy atom. The van der Waals surface area contributed by atoms with Gasteiger partial charge in [0.15, 0.2) is 17.1 Å². The second kappa shape index (κ2) is 10.0. The largest absolute Gasteiger partial charge is 0.493 e. The number of carbonyl (C=O) groups excluding carboxylic acids is 1. The van der Waals surface area contributed by atoms with Crippen LogP contribution in [-0.4, -0.2) is 32.2 Å². The maximum Gasteiger partial charge on any atom is 0.244 e. The zero-order chi connectivity index (χ0) is 22.4. The molecule has 0 bridgehead atoms. The summed E-state index contributed by atoms with van der Waals surface area (Å²) in [5.41, 5.74) is 2.22. The van der Waals surface area contributed by atoms with Crippen LogP contribution in [0.1, 0.15) is 37.8 Å². The van der Waals surface area contributed by atoms with Gasteiger partial charge in [-0.3, -0.25) is 4.79 Å². The van der Waals surface area contributed by atoms with Crippen LogP contribution in [0.15, 0.2) is 46.9 Å². The van der Waals surface area contributed by atoms with Crippen LogP contribution in [0, 0.1) is 5.92 Å². The number of aromatic nitrogens is 1. The molecule has 1 N–H and O–H groups in total. The number of hydrogen-bond donors (Lipinski definition) is 1. The normalized spacial score (nSPS) is 12.3. The molecule has 7 heteroatoms. The van der Waals surface area contributed by atoms with Crippen molar-refractivity contribution in [3.63, 3.8) is 0 Å². The monoisotopic (exact) mass is 424 g/mol. The molecule has 0 saturated heterocycles. The van der Waals surface area contributed by atoms with Crippen molar-refractivity contribution in [2.45, 2.75) is 26.3 Å². The van der Waals surface area contributed by atoms with E-state index < -0.39 is 0 Å². The van der Waals surface area contributed by atoms with E-state index in [2.05, 4.69) is 24.1 Å². The van der Waals surface area contributed by atoms with Crippen LogP contribution in [0.25, 0.3) is 17.2 Å². The Bertz CT molecular complexity index is 1010. The number of nitrogens with one attached hydrogen (secondary N) is 1. The van der Waals surface area contributed by atoms with Crippen LogP contribution < -0.4 is 19.5 Å². The molecule has 1 atom stereocenters. The van der Waals surface area contributed by atoms with Crippen molar-refractivity contribution in [1.82, 2.24) is 10.3 Å². The Hall–Kier alpha value is -3.48. The van der Waals surface area contributed by atoms with Gasteiger partial charge in [0, 0.05) is 6.08 Å². The van der Waals surface area contributed by atoms with Gasteiger partial charge in [-0.15, -0.1) is 0 Å². The Morgan fingerprint density at radius 1 is 1.10 bits per heavy atom. The average molecular weight is 424 g/mol. The molecule has 1 heterocycles. The minimum absolute atomic E-state index is 0.248. The molecule has 31 heavy (non-hydrogen) atoms. The van der Waals surface area contributed by atoms with Crippen molar-refractivity contribution in [2.24, 2.45) is 5.92 Å². The topological polar surface area (TPSA) is 82.8 Å². The molecular weight excluding hydrogens is 396 g/mol. The van der Waals surface area contributed by atoms with E-state index in [1.54, 1.807) is 39.5 Å². The fraction of sp³-hybridized carbons (Fsp3) is 0.333. The summed E-state index contributed by atoms with van der Waals surface area (Å²) in [6, 6.07) is 10.8. The first-order chi connectivity index (χ1) is 14.9. The number of para-hydroxylation sites is 2. The first-order valence-corrected chi connectivity index (χ1v) is 10.1. The average Bonchev–Trinajstić information content (AvgIpc) is 3.20. The third-order valence-corrected chi connectivity index (χ3v) is 4.75. The van der Waals surface area contributed by atoms with E-state index >= 15 is 0 Å². The number of carbonyl (C=O) groups is 1. The minimum atomic E-state index is -0.329. The number of benzene rings is 2. The van der Waals surface area contributed by atoms with Gasteiger partial charge >= 0.3 is 0 Å². The molecule has 3 aromatic rings. The van der Waals surface area contributed by atoms with Crippen molar-refractivity contribution in [3.05, 3.63) is 53.9 Å². The third-order valence-electron chi connectivity index (χ3n) is 4.75. The molecular formula is C24H28N2O5. The Kier molecular flexibility index (Phi) is 7.18. The molecule has 0 spiro atoms. The number of hydrogen-bond acceptors (Lipinski definition) is 6. The standard InChI is InChI=1S/C24H28N2O5/c1-15(2)12-18(24-26-17-8-6-7-9-19(17)31-24)25-22(27)11-10-16-13-20(28-3)23(30-5)21(14-16)29-4/h6-11,13-15,18H,12H2,1-5H3,(H,25,27)/b11-10+/t18-/m1/s1. The summed E-state index contributed by atoms with van der Waals surface area (Å²) >= 11 is 0. The van der Waals surface area contributed by atoms with Crippen molar-refractivity contribution in [1.29, 1.82) is 0 Å². The van der Waals surface area contributed by atoms with Gasteiger partial charge in [0.2, 0.25) is 17.5 Å². The summed E-state index contributed by atoms with van der Waals surface area (Å²) in [4.78, 5) is 17.2. The van der Waals surface area contributed by atoms with E-state index in [1.807, 2.05) is 24.3 Å². The number of methoxy groups -OCH3 is 3. The molecule has 164 valence electrons. The van der Waals surface area contributed by atoms with Gasteiger partial charge < -0.3 is 23.9 Å². The predicted octanol–water partition coefficient (Wildman–Crippen LogP) is 4.77. The molecule has 7 nitrogen and oxygen atoms in total. The van der Waals surface area contributed by atoms with Crippen molar-refractivity contribution in [2.75, 3.05) is 21.3 Å². The molecule has 0 unspecified atom stereocenters. The Balaban J connectivity index is 1.80. The highest BCUT2D eigenvalue weighted by Gasteiger charge is 2.21. The second-order valence-electron chi connectivity index (χ2n) is 7.50. The third kappa shape index (κ3) is 5.36. The van der Waals surface area contributed by atoms with Crippen molar-refractivity contribution >= 4 is 23.1 Å². The molecule has 0 aliphatic carbocycles. The maximum absolute atomic E-state index is 12.7. The zero-order valence-electron chi connectivity index (χ0n) is 18.5. The summed E-state index contributed by atoms with van der Waals surface area (Å²) in [6.07, 6.45) is 3.87. The van der Waals surface area contributed by atoms with Gasteiger partial charge in [-0.2, -0.15) is 0 Å². The summed E-state index contributed by atoms with van der Waals surface area (Å²) in [5, 5.41) is 3.01. The van der Waals surface area contributed by atoms with Gasteiger partial charge in [-0.1, -0.05) is 26.0 Å². The highest BCUT2D eigenvalue weighted by atomic mass is 16.5. The number of fused-ring (bicyclic) bond motifs is 1. The highest BCUT2D eigenvalue weighted by molar-refractivity contribution is 5.92. The van der Waals surface area contributed by atoms with E-state index in [0.29, 0.717) is 41.1 Å².